The molecule has 1 fully saturated rings. The van der Waals surface area contributed by atoms with Crippen molar-refractivity contribution in [2.24, 2.45) is 0 Å². The Labute approximate surface area is 219 Å². The van der Waals surface area contributed by atoms with Gasteiger partial charge in [0.1, 0.15) is 11.8 Å². The quantitative estimate of drug-likeness (QED) is 0.399. The van der Waals surface area contributed by atoms with E-state index in [1.807, 2.05) is 24.3 Å². The summed E-state index contributed by atoms with van der Waals surface area (Å²) >= 11 is 0. The van der Waals surface area contributed by atoms with Crippen LogP contribution in [0.4, 0.5) is 0 Å². The second-order valence-corrected chi connectivity index (χ2v) is 11.0. The average molecular weight is 532 g/mol. The number of sulfonamides is 1. The second kappa shape index (κ2) is 13.6. The fraction of sp³-hybridized carbons (Fsp3) is 0.481. The number of carbonyl (C=O) groups excluding carboxylic acids is 2. The van der Waals surface area contributed by atoms with Crippen LogP contribution in [0.1, 0.15) is 37.3 Å². The number of aryl methyl sites for hydroxylation is 1. The van der Waals surface area contributed by atoms with Crippen molar-refractivity contribution in [2.75, 3.05) is 40.5 Å². The van der Waals surface area contributed by atoms with Crippen molar-refractivity contribution in [1.29, 1.82) is 0 Å². The second-order valence-electron chi connectivity index (χ2n) is 9.08. The van der Waals surface area contributed by atoms with Crippen LogP contribution in [0.3, 0.4) is 0 Å². The van der Waals surface area contributed by atoms with Crippen molar-refractivity contribution in [3.63, 3.8) is 0 Å². The lowest BCUT2D eigenvalue weighted by Gasteiger charge is -2.29. The van der Waals surface area contributed by atoms with Gasteiger partial charge in [0.15, 0.2) is 0 Å². The molecule has 0 saturated carbocycles. The highest BCUT2D eigenvalue weighted by atomic mass is 32.2. The van der Waals surface area contributed by atoms with E-state index >= 15 is 0 Å². The number of rotatable bonds is 13. The van der Waals surface area contributed by atoms with Crippen LogP contribution in [0.5, 0.6) is 5.75 Å². The molecule has 0 spiro atoms. The lowest BCUT2D eigenvalue weighted by Crippen LogP contribution is -2.48. The van der Waals surface area contributed by atoms with Gasteiger partial charge in [-0.25, -0.2) is 8.42 Å². The van der Waals surface area contributed by atoms with Gasteiger partial charge in [0.2, 0.25) is 21.8 Å². The number of hydrogen-bond donors (Lipinski definition) is 1. The Hall–Kier alpha value is -2.95. The molecule has 1 aliphatic heterocycles. The largest absolute Gasteiger partial charge is 0.497 e. The van der Waals surface area contributed by atoms with E-state index in [1.165, 1.54) is 4.31 Å². The van der Waals surface area contributed by atoms with Gasteiger partial charge in [-0.3, -0.25) is 9.59 Å². The van der Waals surface area contributed by atoms with Crippen LogP contribution in [0.25, 0.3) is 0 Å². The van der Waals surface area contributed by atoms with Gasteiger partial charge >= 0.3 is 0 Å². The molecule has 1 heterocycles. The van der Waals surface area contributed by atoms with Crippen molar-refractivity contribution in [3.05, 3.63) is 59.7 Å². The summed E-state index contributed by atoms with van der Waals surface area (Å²) in [4.78, 5) is 27.9. The summed E-state index contributed by atoms with van der Waals surface area (Å²) in [6.07, 6.45) is 2.38. The van der Waals surface area contributed by atoms with Crippen molar-refractivity contribution >= 4 is 21.8 Å². The van der Waals surface area contributed by atoms with E-state index in [4.69, 9.17) is 9.47 Å². The number of carbonyl (C=O) groups is 2. The summed E-state index contributed by atoms with van der Waals surface area (Å²) in [5.74, 6) is 0.288. The maximum atomic E-state index is 13.3. The summed E-state index contributed by atoms with van der Waals surface area (Å²) in [5.41, 5.74) is 1.73. The smallest absolute Gasteiger partial charge is 0.243 e. The fourth-order valence-corrected chi connectivity index (χ4v) is 5.75. The summed E-state index contributed by atoms with van der Waals surface area (Å²) in [5, 5.41) is 2.80. The normalized spacial score (nSPS) is 14.8. The first-order valence-corrected chi connectivity index (χ1v) is 14.0. The third-order valence-electron chi connectivity index (χ3n) is 6.54. The molecule has 0 aromatic heterocycles. The molecule has 37 heavy (non-hydrogen) atoms. The maximum Gasteiger partial charge on any atom is 0.243 e. The zero-order valence-corrected chi connectivity index (χ0v) is 22.6. The monoisotopic (exact) mass is 531 g/mol. The number of nitrogens with zero attached hydrogens (tertiary/aromatic N) is 2. The number of methoxy groups -OCH3 is 2. The van der Waals surface area contributed by atoms with Crippen molar-refractivity contribution in [1.82, 2.24) is 14.5 Å². The summed E-state index contributed by atoms with van der Waals surface area (Å²) in [6, 6.07) is 13.4. The van der Waals surface area contributed by atoms with E-state index < -0.39 is 16.1 Å². The van der Waals surface area contributed by atoms with Crippen LogP contribution < -0.4 is 10.1 Å². The lowest BCUT2D eigenvalue weighted by molar-refractivity contribution is -0.140. The molecule has 1 N–H and O–H groups in total. The van der Waals surface area contributed by atoms with Crippen LogP contribution in [-0.4, -0.2) is 75.9 Å². The van der Waals surface area contributed by atoms with E-state index in [1.54, 1.807) is 50.3 Å². The minimum absolute atomic E-state index is 0.168. The number of nitrogens with one attached hydrogen (secondary N) is 1. The van der Waals surface area contributed by atoms with Crippen LogP contribution in [0.2, 0.25) is 0 Å². The SMILES string of the molecule is COCCNC(=O)C(C)N(Cc1ccc(OC)cc1)C(=O)CCc1ccc(S(=O)(=O)N2CCCC2)cc1. The molecule has 0 bridgehead atoms. The average Bonchev–Trinajstić information content (AvgIpc) is 3.47. The third-order valence-corrected chi connectivity index (χ3v) is 8.45. The standard InChI is InChI=1S/C27H37N3O6S/c1-21(27(32)28-16-19-35-2)30(20-23-6-11-24(36-3)12-7-23)26(31)15-10-22-8-13-25(14-9-22)37(33,34)29-17-4-5-18-29/h6-9,11-14,21H,4-5,10,15-20H2,1-3H3,(H,28,32). The zero-order chi connectivity index (χ0) is 26.8. The van der Waals surface area contributed by atoms with Gasteiger partial charge in [-0.2, -0.15) is 4.31 Å². The van der Waals surface area contributed by atoms with Crippen molar-refractivity contribution < 1.29 is 27.5 Å². The van der Waals surface area contributed by atoms with Gasteiger partial charge < -0.3 is 19.7 Å². The Balaban J connectivity index is 1.68. The van der Waals surface area contributed by atoms with E-state index in [0.29, 0.717) is 38.4 Å². The van der Waals surface area contributed by atoms with Gasteiger partial charge in [0, 0.05) is 39.7 Å². The third kappa shape index (κ3) is 7.77. The molecule has 0 aliphatic carbocycles. The van der Waals surface area contributed by atoms with E-state index in [0.717, 1.165) is 24.0 Å². The molecule has 2 aromatic carbocycles. The summed E-state index contributed by atoms with van der Waals surface area (Å²) in [6.45, 7) is 3.83. The van der Waals surface area contributed by atoms with E-state index in [2.05, 4.69) is 5.32 Å². The first kappa shape index (κ1) is 28.6. The van der Waals surface area contributed by atoms with Gasteiger partial charge in [-0.15, -0.1) is 0 Å². The van der Waals surface area contributed by atoms with Gasteiger partial charge in [0.05, 0.1) is 18.6 Å². The predicted molar refractivity (Wildman–Crippen MR) is 141 cm³/mol. The highest BCUT2D eigenvalue weighted by molar-refractivity contribution is 7.89. The Morgan fingerprint density at radius 2 is 1.62 bits per heavy atom. The number of ether oxygens (including phenoxy) is 2. The molecular weight excluding hydrogens is 494 g/mol. The summed E-state index contributed by atoms with van der Waals surface area (Å²) in [7, 11) is -0.327. The molecule has 9 nitrogen and oxygen atoms in total. The molecule has 2 aromatic rings. The van der Waals surface area contributed by atoms with E-state index in [-0.39, 0.29) is 29.7 Å². The Bertz CT molecular complexity index is 1130. The highest BCUT2D eigenvalue weighted by Gasteiger charge is 2.28. The minimum Gasteiger partial charge on any atom is -0.497 e. The van der Waals surface area contributed by atoms with Crippen LogP contribution in [0.15, 0.2) is 53.4 Å². The minimum atomic E-state index is -3.47. The first-order valence-electron chi connectivity index (χ1n) is 12.5. The molecule has 10 heteroatoms. The van der Waals surface area contributed by atoms with Gasteiger partial charge in [0.25, 0.3) is 0 Å². The van der Waals surface area contributed by atoms with Crippen LogP contribution in [0, 0.1) is 0 Å². The summed E-state index contributed by atoms with van der Waals surface area (Å²) < 4.78 is 37.2. The first-order chi connectivity index (χ1) is 17.8. The molecular formula is C27H37N3O6S. The Morgan fingerprint density at radius 3 is 2.22 bits per heavy atom. The Kier molecular flexibility index (Phi) is 10.5. The van der Waals surface area contributed by atoms with Crippen molar-refractivity contribution in [3.8, 4) is 5.75 Å². The lowest BCUT2D eigenvalue weighted by atomic mass is 10.1. The molecule has 1 unspecified atom stereocenters. The fourth-order valence-electron chi connectivity index (χ4n) is 4.23. The molecule has 0 radical (unpaired) electrons. The molecule has 2 amide bonds. The molecule has 202 valence electrons. The zero-order valence-electron chi connectivity index (χ0n) is 21.8. The highest BCUT2D eigenvalue weighted by Crippen LogP contribution is 2.22. The van der Waals surface area contributed by atoms with E-state index in [9.17, 15) is 18.0 Å². The predicted octanol–water partition coefficient (Wildman–Crippen LogP) is 2.59. The topological polar surface area (TPSA) is 105 Å². The van der Waals surface area contributed by atoms with Crippen molar-refractivity contribution in [2.45, 2.75) is 50.1 Å². The molecule has 1 saturated heterocycles. The Morgan fingerprint density at radius 1 is 1.00 bits per heavy atom. The van der Waals surface area contributed by atoms with Crippen LogP contribution in [-0.2, 0) is 37.3 Å². The number of hydrogen-bond acceptors (Lipinski definition) is 6. The van der Waals surface area contributed by atoms with Gasteiger partial charge in [-0.05, 0) is 61.6 Å². The molecule has 1 atom stereocenters. The van der Waals surface area contributed by atoms with Crippen LogP contribution >= 0.6 is 0 Å². The molecule has 1 aliphatic rings. The number of amides is 2. The molecule has 3 rings (SSSR count). The number of benzene rings is 2. The van der Waals surface area contributed by atoms with Gasteiger partial charge in [-0.1, -0.05) is 24.3 Å². The maximum absolute atomic E-state index is 13.3.